The van der Waals surface area contributed by atoms with Crippen LogP contribution in [0.4, 0.5) is 0 Å². The maximum atomic E-state index is 3.39. The van der Waals surface area contributed by atoms with Crippen molar-refractivity contribution in [2.24, 2.45) is 10.8 Å². The average molecular weight is 134 g/mol. The molecule has 0 aliphatic heterocycles. The van der Waals surface area contributed by atoms with Gasteiger partial charge in [-0.2, -0.15) is 0 Å². The molecule has 0 amide bonds. The van der Waals surface area contributed by atoms with Crippen LogP contribution < -0.4 is 0 Å². The van der Waals surface area contributed by atoms with Gasteiger partial charge in [0.2, 0.25) is 0 Å². The first-order valence-electron chi connectivity index (χ1n) is 4.16. The van der Waals surface area contributed by atoms with Gasteiger partial charge in [-0.1, -0.05) is 11.8 Å². The molecule has 2 fully saturated rings. The van der Waals surface area contributed by atoms with Crippen LogP contribution >= 0.6 is 0 Å². The van der Waals surface area contributed by atoms with Gasteiger partial charge in [0, 0.05) is 10.8 Å². The van der Waals surface area contributed by atoms with Crippen molar-refractivity contribution in [2.75, 3.05) is 0 Å². The van der Waals surface area contributed by atoms with E-state index in [4.69, 9.17) is 0 Å². The molecule has 0 heterocycles. The fourth-order valence-electron chi connectivity index (χ4n) is 0.927. The second-order valence-electron chi connectivity index (χ2n) is 4.37. The molecule has 0 heteroatoms. The SMILES string of the molecule is CC1(C#CC2(C)CC2)CC1. The van der Waals surface area contributed by atoms with Gasteiger partial charge in [-0.15, -0.1) is 0 Å². The van der Waals surface area contributed by atoms with Gasteiger partial charge in [-0.25, -0.2) is 0 Å². The van der Waals surface area contributed by atoms with Crippen molar-refractivity contribution in [3.05, 3.63) is 0 Å². The van der Waals surface area contributed by atoms with E-state index in [2.05, 4.69) is 25.7 Å². The van der Waals surface area contributed by atoms with Crippen LogP contribution in [-0.4, -0.2) is 0 Å². The summed E-state index contributed by atoms with van der Waals surface area (Å²) in [6, 6.07) is 0. The molecule has 2 saturated carbocycles. The lowest BCUT2D eigenvalue weighted by Crippen LogP contribution is -1.90. The molecule has 10 heavy (non-hydrogen) atoms. The van der Waals surface area contributed by atoms with E-state index in [0.717, 1.165) is 0 Å². The summed E-state index contributed by atoms with van der Waals surface area (Å²) in [5.74, 6) is 6.77. The monoisotopic (exact) mass is 134 g/mol. The third-order valence-electron chi connectivity index (χ3n) is 2.67. The molecule has 0 spiro atoms. The lowest BCUT2D eigenvalue weighted by molar-refractivity contribution is 0.748. The molecule has 0 atom stereocenters. The highest BCUT2D eigenvalue weighted by Crippen LogP contribution is 2.47. The molecule has 54 valence electrons. The number of hydrogen-bond donors (Lipinski definition) is 0. The zero-order valence-electron chi connectivity index (χ0n) is 6.83. The topological polar surface area (TPSA) is 0 Å². The Hall–Kier alpha value is -0.440. The summed E-state index contributed by atoms with van der Waals surface area (Å²) in [5.41, 5.74) is 0.872. The molecule has 0 N–H and O–H groups in total. The summed E-state index contributed by atoms with van der Waals surface area (Å²) in [6.07, 6.45) is 5.32. The molecular weight excluding hydrogens is 120 g/mol. The van der Waals surface area contributed by atoms with E-state index in [0.29, 0.717) is 10.8 Å². The summed E-state index contributed by atoms with van der Waals surface area (Å²) in [4.78, 5) is 0. The number of hydrogen-bond acceptors (Lipinski definition) is 0. The zero-order chi connectivity index (χ0) is 7.24. The highest BCUT2D eigenvalue weighted by atomic mass is 14.4. The summed E-state index contributed by atoms with van der Waals surface area (Å²) in [5, 5.41) is 0. The van der Waals surface area contributed by atoms with Crippen LogP contribution in [0, 0.1) is 22.7 Å². The van der Waals surface area contributed by atoms with Crippen molar-refractivity contribution in [2.45, 2.75) is 39.5 Å². The first-order valence-corrected chi connectivity index (χ1v) is 4.16. The lowest BCUT2D eigenvalue weighted by atomic mass is 10.1. The molecule has 0 unspecified atom stereocenters. The Morgan fingerprint density at radius 2 is 1.10 bits per heavy atom. The second-order valence-corrected chi connectivity index (χ2v) is 4.37. The smallest absolute Gasteiger partial charge is 0.0287 e. The van der Waals surface area contributed by atoms with Gasteiger partial charge in [0.05, 0.1) is 0 Å². The third-order valence-corrected chi connectivity index (χ3v) is 2.67. The van der Waals surface area contributed by atoms with E-state index in [1.165, 1.54) is 25.7 Å². The summed E-state index contributed by atoms with van der Waals surface area (Å²) in [6.45, 7) is 4.54. The maximum absolute atomic E-state index is 3.39. The first kappa shape index (κ1) is 6.28. The average Bonchev–Trinajstić information content (AvgIpc) is 2.72. The van der Waals surface area contributed by atoms with Crippen molar-refractivity contribution in [3.63, 3.8) is 0 Å². The minimum Gasteiger partial charge on any atom is -0.0962 e. The van der Waals surface area contributed by atoms with Crippen LogP contribution in [-0.2, 0) is 0 Å². The van der Waals surface area contributed by atoms with Crippen molar-refractivity contribution in [3.8, 4) is 11.8 Å². The van der Waals surface area contributed by atoms with Crippen molar-refractivity contribution < 1.29 is 0 Å². The van der Waals surface area contributed by atoms with Crippen molar-refractivity contribution in [1.82, 2.24) is 0 Å². The Morgan fingerprint density at radius 1 is 0.800 bits per heavy atom. The minimum atomic E-state index is 0.436. The molecule has 0 radical (unpaired) electrons. The molecule has 0 saturated heterocycles. The molecule has 0 aromatic carbocycles. The predicted molar refractivity (Wildman–Crippen MR) is 42.5 cm³/mol. The van der Waals surface area contributed by atoms with Crippen LogP contribution in [0.2, 0.25) is 0 Å². The van der Waals surface area contributed by atoms with E-state index in [1.54, 1.807) is 0 Å². The van der Waals surface area contributed by atoms with Gasteiger partial charge >= 0.3 is 0 Å². The van der Waals surface area contributed by atoms with Gasteiger partial charge in [0.15, 0.2) is 0 Å². The quantitative estimate of drug-likeness (QED) is 0.447. The summed E-state index contributed by atoms with van der Waals surface area (Å²) in [7, 11) is 0. The first-order chi connectivity index (χ1) is 4.62. The van der Waals surface area contributed by atoms with Crippen LogP contribution in [0.3, 0.4) is 0 Å². The Morgan fingerprint density at radius 3 is 1.30 bits per heavy atom. The molecular formula is C10H14. The van der Waals surface area contributed by atoms with E-state index < -0.39 is 0 Å². The number of rotatable bonds is 0. The largest absolute Gasteiger partial charge is 0.0962 e. The van der Waals surface area contributed by atoms with Crippen molar-refractivity contribution >= 4 is 0 Å². The molecule has 0 nitrogen and oxygen atoms in total. The Labute approximate surface area is 63.0 Å². The highest BCUT2D eigenvalue weighted by Gasteiger charge is 2.39. The summed E-state index contributed by atoms with van der Waals surface area (Å²) < 4.78 is 0. The standard InChI is InChI=1S/C10H14/c1-9(3-4-9)7-8-10(2)5-6-10/h3-6H2,1-2H3. The van der Waals surface area contributed by atoms with Gasteiger partial charge in [-0.3, -0.25) is 0 Å². The van der Waals surface area contributed by atoms with Crippen LogP contribution in [0.15, 0.2) is 0 Å². The second kappa shape index (κ2) is 1.59. The van der Waals surface area contributed by atoms with Gasteiger partial charge in [-0.05, 0) is 39.5 Å². The van der Waals surface area contributed by atoms with E-state index in [-0.39, 0.29) is 0 Å². The van der Waals surface area contributed by atoms with Crippen LogP contribution in [0.1, 0.15) is 39.5 Å². The van der Waals surface area contributed by atoms with E-state index >= 15 is 0 Å². The molecule has 0 aromatic rings. The minimum absolute atomic E-state index is 0.436. The molecule has 0 aromatic heterocycles. The van der Waals surface area contributed by atoms with Gasteiger partial charge < -0.3 is 0 Å². The van der Waals surface area contributed by atoms with Crippen LogP contribution in [0.5, 0.6) is 0 Å². The molecule has 2 aliphatic carbocycles. The fourth-order valence-corrected chi connectivity index (χ4v) is 0.927. The Kier molecular flexibility index (Phi) is 0.997. The van der Waals surface area contributed by atoms with Gasteiger partial charge in [0.1, 0.15) is 0 Å². The van der Waals surface area contributed by atoms with Gasteiger partial charge in [0.25, 0.3) is 0 Å². The predicted octanol–water partition coefficient (Wildman–Crippen LogP) is 2.59. The van der Waals surface area contributed by atoms with E-state index in [9.17, 15) is 0 Å². The fraction of sp³-hybridized carbons (Fsp3) is 0.800. The van der Waals surface area contributed by atoms with Crippen LogP contribution in [0.25, 0.3) is 0 Å². The Balaban J connectivity index is 2.02. The highest BCUT2D eigenvalue weighted by molar-refractivity contribution is 5.25. The summed E-state index contributed by atoms with van der Waals surface area (Å²) >= 11 is 0. The molecule has 2 rings (SSSR count). The zero-order valence-corrected chi connectivity index (χ0v) is 6.83. The lowest BCUT2D eigenvalue weighted by Gasteiger charge is -1.96. The normalized spacial score (nSPS) is 30.2. The Bertz CT molecular complexity index is 184. The molecule has 2 aliphatic rings. The molecule has 0 bridgehead atoms. The third kappa shape index (κ3) is 1.19. The van der Waals surface area contributed by atoms with Crippen molar-refractivity contribution in [1.29, 1.82) is 0 Å². The van der Waals surface area contributed by atoms with E-state index in [1.807, 2.05) is 0 Å². The maximum Gasteiger partial charge on any atom is 0.0287 e.